The van der Waals surface area contributed by atoms with E-state index in [4.69, 9.17) is 0 Å². The topological polar surface area (TPSA) is 55.6 Å². The molecule has 0 aliphatic rings. The lowest BCUT2D eigenvalue weighted by atomic mass is 10.3. The monoisotopic (exact) mass is 265 g/mol. The van der Waals surface area contributed by atoms with Crippen LogP contribution in [0.1, 0.15) is 6.92 Å². The maximum atomic E-state index is 4.56. The minimum Gasteiger partial charge on any atom is -0.369 e. The number of aromatic nitrogens is 4. The average Bonchev–Trinajstić information content (AvgIpc) is 2.98. The van der Waals surface area contributed by atoms with Gasteiger partial charge in [-0.15, -0.1) is 0 Å². The highest BCUT2D eigenvalue weighted by Gasteiger charge is 2.09. The van der Waals surface area contributed by atoms with Gasteiger partial charge in [0.1, 0.15) is 11.5 Å². The molecule has 0 fully saturated rings. The first-order chi connectivity index (χ1) is 9.88. The van der Waals surface area contributed by atoms with E-state index in [1.165, 1.54) is 0 Å². The smallest absolute Gasteiger partial charge is 0.145 e. The number of nitrogens with zero attached hydrogens (tertiary/aromatic N) is 4. The van der Waals surface area contributed by atoms with E-state index >= 15 is 0 Å². The van der Waals surface area contributed by atoms with Crippen LogP contribution in [0.15, 0.2) is 55.0 Å². The summed E-state index contributed by atoms with van der Waals surface area (Å²) >= 11 is 0. The molecule has 0 bridgehead atoms. The van der Waals surface area contributed by atoms with Gasteiger partial charge >= 0.3 is 0 Å². The Morgan fingerprint density at radius 3 is 2.75 bits per heavy atom. The molecule has 0 saturated heterocycles. The summed E-state index contributed by atoms with van der Waals surface area (Å²) in [6.45, 7) is 2.85. The van der Waals surface area contributed by atoms with Gasteiger partial charge in [0.25, 0.3) is 0 Å². The summed E-state index contributed by atoms with van der Waals surface area (Å²) in [5.41, 5.74) is 2.72. The Morgan fingerprint density at radius 2 is 1.95 bits per heavy atom. The molecule has 0 unspecified atom stereocenters. The molecule has 0 radical (unpaired) electrons. The summed E-state index contributed by atoms with van der Waals surface area (Å²) in [5, 5.41) is 7.53. The molecular weight excluding hydrogens is 250 g/mol. The van der Waals surface area contributed by atoms with Crippen molar-refractivity contribution in [3.05, 3.63) is 55.0 Å². The van der Waals surface area contributed by atoms with Gasteiger partial charge in [-0.3, -0.25) is 4.98 Å². The van der Waals surface area contributed by atoms with Crippen LogP contribution < -0.4 is 5.32 Å². The van der Waals surface area contributed by atoms with Crippen LogP contribution in [0.5, 0.6) is 0 Å². The van der Waals surface area contributed by atoms with Crippen LogP contribution >= 0.6 is 0 Å². The molecule has 2 aromatic heterocycles. The minimum absolute atomic E-state index is 0.769. The molecule has 0 aliphatic heterocycles. The fraction of sp³-hybridized carbons (Fsp3) is 0.133. The standard InChI is InChI=1S/C15H15N5/c1-2-17-15-11-16-10-13(19-15)14-8-9-18-20(14)12-6-4-3-5-7-12/h3-11H,2H2,1H3,(H,17,19). The zero-order valence-corrected chi connectivity index (χ0v) is 11.2. The molecule has 100 valence electrons. The molecule has 1 N–H and O–H groups in total. The van der Waals surface area contributed by atoms with E-state index in [1.807, 2.05) is 48.0 Å². The summed E-state index contributed by atoms with van der Waals surface area (Å²) < 4.78 is 1.86. The molecule has 0 spiro atoms. The number of rotatable bonds is 4. The summed E-state index contributed by atoms with van der Waals surface area (Å²) in [5.74, 6) is 0.769. The third kappa shape index (κ3) is 2.38. The molecule has 5 nitrogen and oxygen atoms in total. The van der Waals surface area contributed by atoms with E-state index in [0.29, 0.717) is 0 Å². The van der Waals surface area contributed by atoms with Crippen molar-refractivity contribution < 1.29 is 0 Å². The van der Waals surface area contributed by atoms with Gasteiger partial charge in [0.2, 0.25) is 0 Å². The molecule has 20 heavy (non-hydrogen) atoms. The second kappa shape index (κ2) is 5.52. The van der Waals surface area contributed by atoms with Crippen LogP contribution in [-0.4, -0.2) is 26.3 Å². The maximum Gasteiger partial charge on any atom is 0.145 e. The summed E-state index contributed by atoms with van der Waals surface area (Å²) in [6.07, 6.45) is 5.23. The van der Waals surface area contributed by atoms with Crippen molar-refractivity contribution in [3.8, 4) is 17.1 Å². The molecule has 0 saturated carbocycles. The van der Waals surface area contributed by atoms with Gasteiger partial charge in [-0.2, -0.15) is 5.10 Å². The van der Waals surface area contributed by atoms with Crippen molar-refractivity contribution in [1.29, 1.82) is 0 Å². The lowest BCUT2D eigenvalue weighted by Gasteiger charge is -2.08. The third-order valence-corrected chi connectivity index (χ3v) is 2.90. The van der Waals surface area contributed by atoms with Gasteiger partial charge in [0.05, 0.1) is 30.0 Å². The second-order valence-electron chi connectivity index (χ2n) is 4.28. The van der Waals surface area contributed by atoms with Gasteiger partial charge in [0, 0.05) is 6.54 Å². The number of benzene rings is 1. The number of hydrogen-bond donors (Lipinski definition) is 1. The van der Waals surface area contributed by atoms with Crippen LogP contribution in [0.2, 0.25) is 0 Å². The van der Waals surface area contributed by atoms with Crippen molar-refractivity contribution in [2.24, 2.45) is 0 Å². The van der Waals surface area contributed by atoms with E-state index in [-0.39, 0.29) is 0 Å². The Bertz CT molecular complexity index is 690. The summed E-state index contributed by atoms with van der Waals surface area (Å²) in [6, 6.07) is 11.9. The van der Waals surface area contributed by atoms with E-state index in [9.17, 15) is 0 Å². The van der Waals surface area contributed by atoms with Gasteiger partial charge in [0.15, 0.2) is 0 Å². The lowest BCUT2D eigenvalue weighted by Crippen LogP contribution is -2.03. The molecule has 0 atom stereocenters. The molecule has 3 rings (SSSR count). The number of para-hydroxylation sites is 1. The van der Waals surface area contributed by atoms with Gasteiger partial charge in [-0.1, -0.05) is 18.2 Å². The highest BCUT2D eigenvalue weighted by molar-refractivity contribution is 5.58. The first-order valence-electron chi connectivity index (χ1n) is 6.54. The first-order valence-corrected chi connectivity index (χ1v) is 6.54. The van der Waals surface area contributed by atoms with Crippen molar-refractivity contribution in [2.75, 3.05) is 11.9 Å². The van der Waals surface area contributed by atoms with Crippen molar-refractivity contribution >= 4 is 5.82 Å². The average molecular weight is 265 g/mol. The Balaban J connectivity index is 2.04. The van der Waals surface area contributed by atoms with Crippen molar-refractivity contribution in [2.45, 2.75) is 6.92 Å². The molecule has 5 heteroatoms. The second-order valence-corrected chi connectivity index (χ2v) is 4.28. The minimum atomic E-state index is 0.769. The third-order valence-electron chi connectivity index (χ3n) is 2.90. The van der Waals surface area contributed by atoms with Crippen LogP contribution in [0.25, 0.3) is 17.1 Å². The van der Waals surface area contributed by atoms with Crippen LogP contribution in [0.4, 0.5) is 5.82 Å². The Kier molecular flexibility index (Phi) is 3.41. The normalized spacial score (nSPS) is 10.4. The van der Waals surface area contributed by atoms with Crippen molar-refractivity contribution in [3.63, 3.8) is 0 Å². The number of nitrogens with one attached hydrogen (secondary N) is 1. The molecule has 2 heterocycles. The predicted octanol–water partition coefficient (Wildman–Crippen LogP) is 2.76. The van der Waals surface area contributed by atoms with E-state index < -0.39 is 0 Å². The fourth-order valence-electron chi connectivity index (χ4n) is 2.03. The lowest BCUT2D eigenvalue weighted by molar-refractivity contribution is 0.882. The maximum absolute atomic E-state index is 4.56. The molecule has 0 aliphatic carbocycles. The largest absolute Gasteiger partial charge is 0.369 e. The van der Waals surface area contributed by atoms with Crippen LogP contribution in [0.3, 0.4) is 0 Å². The summed E-state index contributed by atoms with van der Waals surface area (Å²) in [4.78, 5) is 8.78. The molecular formula is C15H15N5. The first kappa shape index (κ1) is 12.3. The highest BCUT2D eigenvalue weighted by atomic mass is 15.3. The molecule has 3 aromatic rings. The Morgan fingerprint density at radius 1 is 1.10 bits per heavy atom. The zero-order valence-electron chi connectivity index (χ0n) is 11.2. The Labute approximate surface area is 117 Å². The SMILES string of the molecule is CCNc1cncc(-c2ccnn2-c2ccccc2)n1. The Hall–Kier alpha value is -2.69. The zero-order chi connectivity index (χ0) is 13.8. The predicted molar refractivity (Wildman–Crippen MR) is 78.8 cm³/mol. The van der Waals surface area contributed by atoms with Gasteiger partial charge < -0.3 is 5.32 Å². The number of anilines is 1. The van der Waals surface area contributed by atoms with E-state index in [2.05, 4.69) is 20.4 Å². The fourth-order valence-corrected chi connectivity index (χ4v) is 2.03. The number of hydrogen-bond acceptors (Lipinski definition) is 4. The van der Waals surface area contributed by atoms with E-state index in [1.54, 1.807) is 18.6 Å². The van der Waals surface area contributed by atoms with Gasteiger partial charge in [-0.05, 0) is 25.1 Å². The van der Waals surface area contributed by atoms with Gasteiger partial charge in [-0.25, -0.2) is 9.67 Å². The molecule has 1 aromatic carbocycles. The molecule has 0 amide bonds. The van der Waals surface area contributed by atoms with Crippen molar-refractivity contribution in [1.82, 2.24) is 19.7 Å². The quantitative estimate of drug-likeness (QED) is 0.788. The summed E-state index contributed by atoms with van der Waals surface area (Å²) in [7, 11) is 0. The van der Waals surface area contributed by atoms with E-state index in [0.717, 1.165) is 29.4 Å². The van der Waals surface area contributed by atoms with Crippen LogP contribution in [-0.2, 0) is 0 Å². The van der Waals surface area contributed by atoms with Crippen LogP contribution in [0, 0.1) is 0 Å². The highest BCUT2D eigenvalue weighted by Crippen LogP contribution is 2.20.